The first kappa shape index (κ1) is 17.5. The van der Waals surface area contributed by atoms with Crippen molar-refractivity contribution in [2.75, 3.05) is 20.3 Å². The summed E-state index contributed by atoms with van der Waals surface area (Å²) in [5, 5.41) is 26.0. The lowest BCUT2D eigenvalue weighted by Gasteiger charge is -2.30. The van der Waals surface area contributed by atoms with E-state index < -0.39 is 17.4 Å². The molecule has 0 radical (unpaired) electrons. The zero-order valence-corrected chi connectivity index (χ0v) is 13.1. The zero-order chi connectivity index (χ0) is 16.0. The third kappa shape index (κ3) is 5.37. The van der Waals surface area contributed by atoms with Crippen LogP contribution in [0.4, 0.5) is 0 Å². The fraction of sp³-hybridized carbons (Fsp3) is 0.923. The number of carbonyl (C=O) groups is 1. The van der Waals surface area contributed by atoms with Gasteiger partial charge < -0.3 is 19.9 Å². The molecular formula is C13H25N3O5. The van der Waals surface area contributed by atoms with Crippen molar-refractivity contribution in [3.63, 3.8) is 0 Å². The van der Waals surface area contributed by atoms with E-state index in [0.29, 0.717) is 37.4 Å². The molecule has 0 aromatic heterocycles. The fourth-order valence-electron chi connectivity index (χ4n) is 2.27. The van der Waals surface area contributed by atoms with Gasteiger partial charge in [-0.25, -0.2) is 0 Å². The minimum Gasteiger partial charge on any atom is -0.569 e. The lowest BCUT2D eigenvalue weighted by molar-refractivity contribution is -0.726. The predicted molar refractivity (Wildman–Crippen MR) is 74.2 cm³/mol. The van der Waals surface area contributed by atoms with Crippen LogP contribution in [0, 0.1) is 11.1 Å². The van der Waals surface area contributed by atoms with Crippen molar-refractivity contribution < 1.29 is 24.4 Å². The molecule has 2 atom stereocenters. The number of hydrogen-bond acceptors (Lipinski definition) is 5. The van der Waals surface area contributed by atoms with Gasteiger partial charge in [-0.1, -0.05) is 0 Å². The first-order chi connectivity index (χ1) is 9.75. The van der Waals surface area contributed by atoms with Gasteiger partial charge in [-0.05, 0) is 33.6 Å². The van der Waals surface area contributed by atoms with E-state index in [1.807, 2.05) is 20.8 Å². The normalized spacial score (nSPS) is 23.1. The molecule has 1 aliphatic carbocycles. The molecule has 8 nitrogen and oxygen atoms in total. The standard InChI is InChI=1S/C13H25N3O5/c1-13(2,3)15(7-8-20-4)16(19)14-21-11-6-5-10(9-11)12(17)18/h10-11H,5-9H2,1-4H3,(H,17,18)/b16-14-/t10?,11-/m1/s1. The Balaban J connectivity index is 2.59. The van der Waals surface area contributed by atoms with E-state index in [4.69, 9.17) is 14.7 Å². The van der Waals surface area contributed by atoms with Crippen molar-refractivity contribution in [3.8, 4) is 0 Å². The van der Waals surface area contributed by atoms with Crippen LogP contribution in [-0.4, -0.2) is 53.0 Å². The quantitative estimate of drug-likeness (QED) is 0.437. The summed E-state index contributed by atoms with van der Waals surface area (Å²) in [4.78, 5) is 16.5. The van der Waals surface area contributed by atoms with Gasteiger partial charge in [0.2, 0.25) is 5.28 Å². The van der Waals surface area contributed by atoms with E-state index in [0.717, 1.165) is 0 Å². The molecule has 1 saturated carbocycles. The van der Waals surface area contributed by atoms with Gasteiger partial charge in [0.15, 0.2) is 0 Å². The maximum atomic E-state index is 12.0. The lowest BCUT2D eigenvalue weighted by Crippen LogP contribution is -2.47. The summed E-state index contributed by atoms with van der Waals surface area (Å²) in [6.07, 6.45) is 1.23. The summed E-state index contributed by atoms with van der Waals surface area (Å²) in [6.45, 7) is 6.45. The molecule has 0 aliphatic heterocycles. The van der Waals surface area contributed by atoms with Crippen molar-refractivity contribution in [1.29, 1.82) is 0 Å². The van der Waals surface area contributed by atoms with Crippen molar-refractivity contribution in [1.82, 2.24) is 5.01 Å². The second-order valence-corrected chi connectivity index (χ2v) is 6.20. The third-order valence-corrected chi connectivity index (χ3v) is 3.49. The molecule has 1 aliphatic rings. The van der Waals surface area contributed by atoms with E-state index >= 15 is 0 Å². The van der Waals surface area contributed by atoms with Gasteiger partial charge in [0.25, 0.3) is 0 Å². The molecule has 122 valence electrons. The minimum absolute atomic E-state index is 0.313. The molecule has 0 aromatic carbocycles. The molecule has 0 spiro atoms. The summed E-state index contributed by atoms with van der Waals surface area (Å²) in [6, 6.07) is 0. The maximum absolute atomic E-state index is 12.0. The van der Waals surface area contributed by atoms with Crippen molar-refractivity contribution in [2.24, 2.45) is 11.2 Å². The summed E-state index contributed by atoms with van der Waals surface area (Å²) in [5.74, 6) is -1.23. The number of carboxylic acids is 1. The van der Waals surface area contributed by atoms with Gasteiger partial charge in [-0.3, -0.25) is 4.79 Å². The third-order valence-electron chi connectivity index (χ3n) is 3.49. The van der Waals surface area contributed by atoms with Crippen molar-refractivity contribution in [2.45, 2.75) is 51.7 Å². The number of ether oxygens (including phenoxy) is 1. The molecule has 0 bridgehead atoms. The number of carboxylic acid groups (broad SMARTS) is 1. The number of hydrazine groups is 1. The van der Waals surface area contributed by atoms with Crippen LogP contribution in [0.3, 0.4) is 0 Å². The Bertz CT molecular complexity index is 380. The van der Waals surface area contributed by atoms with Crippen LogP contribution < -0.4 is 0 Å². The van der Waals surface area contributed by atoms with Crippen molar-refractivity contribution >= 4 is 5.97 Å². The highest BCUT2D eigenvalue weighted by Gasteiger charge is 2.33. The van der Waals surface area contributed by atoms with Crippen LogP contribution in [0.5, 0.6) is 0 Å². The van der Waals surface area contributed by atoms with Gasteiger partial charge in [-0.2, -0.15) is 0 Å². The Kier molecular flexibility index (Phi) is 6.19. The first-order valence-corrected chi connectivity index (χ1v) is 7.09. The van der Waals surface area contributed by atoms with E-state index in [-0.39, 0.29) is 6.10 Å². The Morgan fingerprint density at radius 2 is 2.14 bits per heavy atom. The number of aliphatic carboxylic acids is 1. The van der Waals surface area contributed by atoms with Crippen LogP contribution in [0.15, 0.2) is 5.28 Å². The summed E-state index contributed by atoms with van der Waals surface area (Å²) in [7, 11) is 1.56. The Hall–Kier alpha value is -1.57. The SMILES string of the molecule is COCCN(/[N+]([O-])=N/O[C@@H]1CCC(C(=O)O)C1)C(C)(C)C. The molecule has 1 rings (SSSR count). The fourth-order valence-corrected chi connectivity index (χ4v) is 2.27. The van der Waals surface area contributed by atoms with E-state index in [1.54, 1.807) is 7.11 Å². The van der Waals surface area contributed by atoms with Gasteiger partial charge >= 0.3 is 5.97 Å². The van der Waals surface area contributed by atoms with E-state index in [1.165, 1.54) is 5.01 Å². The van der Waals surface area contributed by atoms with Crippen LogP contribution >= 0.6 is 0 Å². The summed E-state index contributed by atoms with van der Waals surface area (Å²) >= 11 is 0. The number of rotatable bonds is 7. The molecular weight excluding hydrogens is 278 g/mol. The highest BCUT2D eigenvalue weighted by atomic mass is 16.7. The van der Waals surface area contributed by atoms with E-state index in [2.05, 4.69) is 5.28 Å². The predicted octanol–water partition coefficient (Wildman–Crippen LogP) is 1.80. The molecule has 0 amide bonds. The van der Waals surface area contributed by atoms with Gasteiger partial charge in [0.05, 0.1) is 23.0 Å². The van der Waals surface area contributed by atoms with Gasteiger partial charge in [0.1, 0.15) is 12.6 Å². The Morgan fingerprint density at radius 1 is 1.48 bits per heavy atom. The second kappa shape index (κ2) is 7.44. The Labute approximate surface area is 124 Å². The monoisotopic (exact) mass is 303 g/mol. The van der Waals surface area contributed by atoms with Crippen LogP contribution in [0.2, 0.25) is 0 Å². The minimum atomic E-state index is -0.823. The number of hydrogen-bond donors (Lipinski definition) is 1. The topological polar surface area (TPSA) is 97.4 Å². The molecule has 1 N–H and O–H groups in total. The molecule has 0 aromatic rings. The van der Waals surface area contributed by atoms with Crippen molar-refractivity contribution in [3.05, 3.63) is 5.21 Å². The number of nitrogens with zero attached hydrogens (tertiary/aromatic N) is 3. The second-order valence-electron chi connectivity index (χ2n) is 6.20. The van der Waals surface area contributed by atoms with Crippen LogP contribution in [0.25, 0.3) is 0 Å². The lowest BCUT2D eigenvalue weighted by atomic mass is 10.1. The van der Waals surface area contributed by atoms with Gasteiger partial charge in [0, 0.05) is 13.5 Å². The van der Waals surface area contributed by atoms with Crippen LogP contribution in [-0.2, 0) is 14.4 Å². The molecule has 0 saturated heterocycles. The highest BCUT2D eigenvalue weighted by molar-refractivity contribution is 5.70. The first-order valence-electron chi connectivity index (χ1n) is 7.09. The number of methoxy groups -OCH3 is 1. The summed E-state index contributed by atoms with van der Waals surface area (Å²) < 4.78 is 4.98. The largest absolute Gasteiger partial charge is 0.569 e. The smallest absolute Gasteiger partial charge is 0.306 e. The molecule has 1 fully saturated rings. The average molecular weight is 303 g/mol. The highest BCUT2D eigenvalue weighted by Crippen LogP contribution is 2.28. The van der Waals surface area contributed by atoms with E-state index in [9.17, 15) is 10.0 Å². The molecule has 0 heterocycles. The van der Waals surface area contributed by atoms with Gasteiger partial charge in [-0.15, -0.1) is 5.01 Å². The Morgan fingerprint density at radius 3 is 2.62 bits per heavy atom. The molecule has 21 heavy (non-hydrogen) atoms. The maximum Gasteiger partial charge on any atom is 0.306 e. The molecule has 1 unspecified atom stereocenters. The average Bonchev–Trinajstić information content (AvgIpc) is 2.84. The summed E-state index contributed by atoms with van der Waals surface area (Å²) in [5.41, 5.74) is -0.424. The zero-order valence-electron chi connectivity index (χ0n) is 13.1. The van der Waals surface area contributed by atoms with Crippen LogP contribution in [0.1, 0.15) is 40.0 Å². The molecule has 8 heteroatoms.